The number of hydrogen-bond acceptors (Lipinski definition) is 3. The molecule has 3 nitrogen and oxygen atoms in total. The molecule has 0 heterocycles. The summed E-state index contributed by atoms with van der Waals surface area (Å²) in [6.45, 7) is 0.0612. The van der Waals surface area contributed by atoms with E-state index in [4.69, 9.17) is 27.8 Å². The zero-order chi connectivity index (χ0) is 14.5. The molecule has 0 radical (unpaired) electrons. The van der Waals surface area contributed by atoms with Gasteiger partial charge in [-0.2, -0.15) is 0 Å². The van der Waals surface area contributed by atoms with Crippen LogP contribution >= 0.6 is 12.2 Å². The Morgan fingerprint density at radius 1 is 1.20 bits per heavy atom. The van der Waals surface area contributed by atoms with Crippen molar-refractivity contribution in [3.8, 4) is 5.75 Å². The number of thiocarbonyl (C=S) groups is 1. The number of aliphatic hydroxyl groups is 1. The fourth-order valence-corrected chi connectivity index (χ4v) is 1.82. The van der Waals surface area contributed by atoms with Crippen LogP contribution in [0, 0.1) is 5.82 Å². The van der Waals surface area contributed by atoms with Gasteiger partial charge in [0.15, 0.2) is 0 Å². The molecule has 0 atom stereocenters. The first-order valence-corrected chi connectivity index (χ1v) is 6.42. The quantitative estimate of drug-likeness (QED) is 0.831. The predicted molar refractivity (Wildman–Crippen MR) is 79.0 cm³/mol. The van der Waals surface area contributed by atoms with Crippen molar-refractivity contribution in [3.05, 3.63) is 65.0 Å². The largest absolute Gasteiger partial charge is 0.489 e. The minimum Gasteiger partial charge on any atom is -0.489 e. The van der Waals surface area contributed by atoms with E-state index in [1.54, 1.807) is 30.3 Å². The second-order valence-electron chi connectivity index (χ2n) is 4.26. The van der Waals surface area contributed by atoms with Crippen molar-refractivity contribution in [2.75, 3.05) is 0 Å². The molecule has 0 spiro atoms. The first kappa shape index (κ1) is 14.4. The van der Waals surface area contributed by atoms with Crippen molar-refractivity contribution in [3.63, 3.8) is 0 Å². The first-order valence-electron chi connectivity index (χ1n) is 6.01. The van der Waals surface area contributed by atoms with E-state index in [9.17, 15) is 4.39 Å². The third-order valence-electron chi connectivity index (χ3n) is 2.83. The molecular formula is C15H14FNO2S. The topological polar surface area (TPSA) is 55.5 Å². The van der Waals surface area contributed by atoms with Crippen LogP contribution in [0.25, 0.3) is 0 Å². The van der Waals surface area contributed by atoms with Crippen LogP contribution < -0.4 is 10.5 Å². The molecule has 0 amide bonds. The van der Waals surface area contributed by atoms with Crippen LogP contribution in [0.2, 0.25) is 0 Å². The molecule has 0 aromatic heterocycles. The normalized spacial score (nSPS) is 10.3. The first-order chi connectivity index (χ1) is 9.60. The van der Waals surface area contributed by atoms with E-state index in [1.165, 1.54) is 12.1 Å². The summed E-state index contributed by atoms with van der Waals surface area (Å²) in [5, 5.41) is 8.94. The SMILES string of the molecule is NC(=S)c1ccc(F)c(COc2ccc(CO)cc2)c1. The zero-order valence-electron chi connectivity index (χ0n) is 10.7. The third-order valence-corrected chi connectivity index (χ3v) is 3.07. The fourth-order valence-electron chi connectivity index (χ4n) is 1.69. The van der Waals surface area contributed by atoms with E-state index in [1.807, 2.05) is 0 Å². The summed E-state index contributed by atoms with van der Waals surface area (Å²) in [4.78, 5) is 0.221. The summed E-state index contributed by atoms with van der Waals surface area (Å²) >= 11 is 4.86. The van der Waals surface area contributed by atoms with Crippen LogP contribution in [0.5, 0.6) is 5.75 Å². The number of aliphatic hydroxyl groups excluding tert-OH is 1. The van der Waals surface area contributed by atoms with Gasteiger partial charge in [-0.15, -0.1) is 0 Å². The predicted octanol–water partition coefficient (Wildman–Crippen LogP) is 2.53. The maximum absolute atomic E-state index is 13.7. The molecule has 3 N–H and O–H groups in total. The second-order valence-corrected chi connectivity index (χ2v) is 4.70. The molecule has 0 saturated heterocycles. The molecule has 0 aliphatic carbocycles. The molecule has 0 unspecified atom stereocenters. The van der Waals surface area contributed by atoms with Gasteiger partial charge in [-0.05, 0) is 35.9 Å². The Kier molecular flexibility index (Phi) is 4.65. The Hall–Kier alpha value is -1.98. The fraction of sp³-hybridized carbons (Fsp3) is 0.133. The van der Waals surface area contributed by atoms with Gasteiger partial charge in [-0.1, -0.05) is 24.4 Å². The highest BCUT2D eigenvalue weighted by molar-refractivity contribution is 7.80. The lowest BCUT2D eigenvalue weighted by Gasteiger charge is -2.09. The number of benzene rings is 2. The monoisotopic (exact) mass is 291 g/mol. The highest BCUT2D eigenvalue weighted by Gasteiger charge is 2.06. The Bertz CT molecular complexity index is 614. The van der Waals surface area contributed by atoms with Gasteiger partial charge in [0.05, 0.1) is 6.61 Å². The molecule has 0 bridgehead atoms. The lowest BCUT2D eigenvalue weighted by molar-refractivity contribution is 0.280. The van der Waals surface area contributed by atoms with Gasteiger partial charge in [-0.25, -0.2) is 4.39 Å². The minimum absolute atomic E-state index is 0.0229. The molecule has 0 aliphatic rings. The second kappa shape index (κ2) is 6.45. The molecule has 20 heavy (non-hydrogen) atoms. The number of ether oxygens (including phenoxy) is 1. The Labute approximate surface area is 121 Å². The Balaban J connectivity index is 2.09. The van der Waals surface area contributed by atoms with E-state index in [2.05, 4.69) is 0 Å². The average molecular weight is 291 g/mol. The summed E-state index contributed by atoms with van der Waals surface area (Å²) in [6, 6.07) is 11.4. The van der Waals surface area contributed by atoms with Gasteiger partial charge in [-0.3, -0.25) is 0 Å². The number of hydrogen-bond donors (Lipinski definition) is 2. The van der Waals surface area contributed by atoms with Crippen LogP contribution in [-0.4, -0.2) is 10.1 Å². The van der Waals surface area contributed by atoms with Gasteiger partial charge in [0.1, 0.15) is 23.2 Å². The molecule has 104 valence electrons. The van der Waals surface area contributed by atoms with Crippen LogP contribution in [0.3, 0.4) is 0 Å². The number of nitrogens with two attached hydrogens (primary N) is 1. The highest BCUT2D eigenvalue weighted by atomic mass is 32.1. The molecule has 0 saturated carbocycles. The molecule has 2 rings (SSSR count). The van der Waals surface area contributed by atoms with Crippen LogP contribution in [0.1, 0.15) is 16.7 Å². The van der Waals surface area contributed by atoms with Gasteiger partial charge in [0.25, 0.3) is 0 Å². The van der Waals surface area contributed by atoms with Crippen LogP contribution in [0.15, 0.2) is 42.5 Å². The number of rotatable bonds is 5. The maximum atomic E-state index is 13.7. The van der Waals surface area contributed by atoms with Crippen molar-refractivity contribution in [2.45, 2.75) is 13.2 Å². The zero-order valence-corrected chi connectivity index (χ0v) is 11.5. The van der Waals surface area contributed by atoms with Gasteiger partial charge < -0.3 is 15.6 Å². The molecule has 0 fully saturated rings. The lowest BCUT2D eigenvalue weighted by Crippen LogP contribution is -2.10. The van der Waals surface area contributed by atoms with Gasteiger partial charge in [0.2, 0.25) is 0 Å². The van der Waals surface area contributed by atoms with Crippen molar-refractivity contribution in [2.24, 2.45) is 5.73 Å². The average Bonchev–Trinajstić information content (AvgIpc) is 2.46. The van der Waals surface area contributed by atoms with Crippen molar-refractivity contribution in [1.29, 1.82) is 0 Å². The molecule has 5 heteroatoms. The van der Waals surface area contributed by atoms with E-state index in [0.29, 0.717) is 16.9 Å². The molecule has 2 aromatic rings. The minimum atomic E-state index is -0.364. The van der Waals surface area contributed by atoms with E-state index >= 15 is 0 Å². The standard InChI is InChI=1S/C15H14FNO2S/c16-14-6-3-11(15(17)20)7-12(14)9-19-13-4-1-10(8-18)2-5-13/h1-7,18H,8-9H2,(H2,17,20). The smallest absolute Gasteiger partial charge is 0.129 e. The summed E-state index contributed by atoms with van der Waals surface area (Å²) < 4.78 is 19.2. The third kappa shape index (κ3) is 3.53. The molecular weight excluding hydrogens is 277 g/mol. The van der Waals surface area contributed by atoms with Crippen LogP contribution in [-0.2, 0) is 13.2 Å². The van der Waals surface area contributed by atoms with Crippen molar-refractivity contribution < 1.29 is 14.2 Å². The molecule has 2 aromatic carbocycles. The van der Waals surface area contributed by atoms with Crippen LogP contribution in [0.4, 0.5) is 4.39 Å². The summed E-state index contributed by atoms with van der Waals surface area (Å²) in [6.07, 6.45) is 0. The van der Waals surface area contributed by atoms with E-state index in [-0.39, 0.29) is 24.0 Å². The van der Waals surface area contributed by atoms with Crippen molar-refractivity contribution >= 4 is 17.2 Å². The summed E-state index contributed by atoms with van der Waals surface area (Å²) in [5.41, 5.74) is 7.30. The Morgan fingerprint density at radius 3 is 2.50 bits per heavy atom. The molecule has 0 aliphatic heterocycles. The lowest BCUT2D eigenvalue weighted by atomic mass is 10.1. The van der Waals surface area contributed by atoms with Crippen molar-refractivity contribution in [1.82, 2.24) is 0 Å². The highest BCUT2D eigenvalue weighted by Crippen LogP contribution is 2.17. The Morgan fingerprint density at radius 2 is 1.90 bits per heavy atom. The van der Waals surface area contributed by atoms with Gasteiger partial charge in [0, 0.05) is 11.1 Å². The summed E-state index contributed by atoms with van der Waals surface area (Å²) in [7, 11) is 0. The maximum Gasteiger partial charge on any atom is 0.129 e. The van der Waals surface area contributed by atoms with E-state index in [0.717, 1.165) is 5.56 Å². The summed E-state index contributed by atoms with van der Waals surface area (Å²) in [5.74, 6) is 0.235. The van der Waals surface area contributed by atoms with E-state index < -0.39 is 0 Å². The van der Waals surface area contributed by atoms with Gasteiger partial charge >= 0.3 is 0 Å². The number of halogens is 1.